The van der Waals surface area contributed by atoms with Gasteiger partial charge >= 0.3 is 5.91 Å². The highest BCUT2D eigenvalue weighted by molar-refractivity contribution is 9.10. The van der Waals surface area contributed by atoms with Crippen molar-refractivity contribution in [3.05, 3.63) is 87.6 Å². The van der Waals surface area contributed by atoms with E-state index in [1.807, 2.05) is 39.0 Å². The molecule has 31 heavy (non-hydrogen) atoms. The summed E-state index contributed by atoms with van der Waals surface area (Å²) >= 11 is 3.41. The zero-order valence-corrected chi connectivity index (χ0v) is 18.9. The van der Waals surface area contributed by atoms with Crippen LogP contribution in [0.4, 0.5) is 5.82 Å². The number of aromatic nitrogens is 1. The summed E-state index contributed by atoms with van der Waals surface area (Å²) in [5, 5.41) is 15.1. The number of carbonyl (C=O) groups excluding carboxylic acids is 2. The molecule has 4 rings (SSSR count). The van der Waals surface area contributed by atoms with E-state index in [0.717, 1.165) is 4.47 Å². The molecule has 0 aliphatic carbocycles. The third-order valence-corrected chi connectivity index (χ3v) is 5.69. The summed E-state index contributed by atoms with van der Waals surface area (Å²) in [5.74, 6) is -0.947. The first-order valence-electron chi connectivity index (χ1n) is 9.77. The number of aliphatic hydroxyl groups is 1. The number of hydrogen-bond acceptors (Lipinski definition) is 5. The van der Waals surface area contributed by atoms with Crippen LogP contribution in [-0.4, -0.2) is 22.0 Å². The van der Waals surface area contributed by atoms with Crippen molar-refractivity contribution >= 4 is 39.2 Å². The lowest BCUT2D eigenvalue weighted by atomic mass is 9.93. The molecule has 1 aliphatic rings. The molecule has 0 saturated carbocycles. The molecule has 2 aromatic carbocycles. The Labute approximate surface area is 188 Å². The molecule has 2 heterocycles. The van der Waals surface area contributed by atoms with E-state index in [1.54, 1.807) is 42.5 Å². The molecule has 1 aromatic heterocycles. The molecule has 1 amide bonds. The van der Waals surface area contributed by atoms with Crippen LogP contribution >= 0.6 is 15.9 Å². The molecule has 1 saturated heterocycles. The van der Waals surface area contributed by atoms with E-state index in [4.69, 9.17) is 4.52 Å². The van der Waals surface area contributed by atoms with Gasteiger partial charge < -0.3 is 9.63 Å². The minimum Gasteiger partial charge on any atom is -0.507 e. The molecule has 158 valence electrons. The first-order chi connectivity index (χ1) is 14.7. The highest BCUT2D eigenvalue weighted by Crippen LogP contribution is 2.42. The number of hydrogen-bond donors (Lipinski definition) is 1. The van der Waals surface area contributed by atoms with Crippen molar-refractivity contribution in [1.82, 2.24) is 5.16 Å². The van der Waals surface area contributed by atoms with Gasteiger partial charge in [-0.1, -0.05) is 84.3 Å². The summed E-state index contributed by atoms with van der Waals surface area (Å²) in [6.07, 6.45) is 0. The van der Waals surface area contributed by atoms with Crippen molar-refractivity contribution in [3.63, 3.8) is 0 Å². The normalized spacial score (nSPS) is 18.6. The van der Waals surface area contributed by atoms with E-state index in [1.165, 1.54) is 4.90 Å². The molecule has 3 aromatic rings. The zero-order valence-electron chi connectivity index (χ0n) is 17.3. The Kier molecular flexibility index (Phi) is 5.31. The topological polar surface area (TPSA) is 83.6 Å². The minimum atomic E-state index is -0.841. The zero-order chi connectivity index (χ0) is 22.3. The second-order valence-corrected chi connectivity index (χ2v) is 9.30. The van der Waals surface area contributed by atoms with Crippen LogP contribution in [0.2, 0.25) is 0 Å². The quantitative estimate of drug-likeness (QED) is 0.309. The second-order valence-electron chi connectivity index (χ2n) is 8.39. The van der Waals surface area contributed by atoms with Gasteiger partial charge in [0.25, 0.3) is 5.78 Å². The van der Waals surface area contributed by atoms with Crippen molar-refractivity contribution in [1.29, 1.82) is 0 Å². The predicted octanol–water partition coefficient (Wildman–Crippen LogP) is 5.36. The van der Waals surface area contributed by atoms with Crippen molar-refractivity contribution in [2.75, 3.05) is 4.90 Å². The number of aliphatic hydroxyl groups excluding tert-OH is 1. The van der Waals surface area contributed by atoms with Crippen molar-refractivity contribution < 1.29 is 19.2 Å². The molecule has 1 N–H and O–H groups in total. The Balaban J connectivity index is 1.92. The minimum absolute atomic E-state index is 0.0128. The lowest BCUT2D eigenvalue weighted by Gasteiger charge is -2.23. The summed E-state index contributed by atoms with van der Waals surface area (Å²) in [5.41, 5.74) is 0.813. The molecular weight excluding hydrogens is 460 g/mol. The smallest absolute Gasteiger partial charge is 0.301 e. The van der Waals surface area contributed by atoms with Gasteiger partial charge in [-0.2, -0.15) is 0 Å². The highest BCUT2D eigenvalue weighted by Gasteiger charge is 2.48. The third kappa shape index (κ3) is 3.81. The van der Waals surface area contributed by atoms with Crippen molar-refractivity contribution in [3.8, 4) is 0 Å². The molecule has 1 fully saturated rings. The van der Waals surface area contributed by atoms with Crippen LogP contribution in [0.1, 0.15) is 43.7 Å². The molecule has 7 heteroatoms. The van der Waals surface area contributed by atoms with Gasteiger partial charge in [0, 0.05) is 21.5 Å². The van der Waals surface area contributed by atoms with Gasteiger partial charge in [0.05, 0.1) is 11.6 Å². The SMILES string of the molecule is CC(C)(C)c1cc(N2C(=O)C(=O)C(=C(O)c3ccccc3)[C@@H]2c2ccc(Br)cc2)no1. The summed E-state index contributed by atoms with van der Waals surface area (Å²) in [6, 6.07) is 16.8. The summed E-state index contributed by atoms with van der Waals surface area (Å²) in [6.45, 7) is 5.90. The van der Waals surface area contributed by atoms with E-state index in [9.17, 15) is 14.7 Å². The van der Waals surface area contributed by atoms with E-state index in [-0.39, 0.29) is 22.6 Å². The van der Waals surface area contributed by atoms with Crippen LogP contribution in [0.3, 0.4) is 0 Å². The van der Waals surface area contributed by atoms with Gasteiger partial charge in [-0.25, -0.2) is 0 Å². The number of rotatable bonds is 3. The number of ketones is 1. The Bertz CT molecular complexity index is 1170. The van der Waals surface area contributed by atoms with Gasteiger partial charge in [-0.05, 0) is 17.7 Å². The lowest BCUT2D eigenvalue weighted by molar-refractivity contribution is -0.132. The number of benzene rings is 2. The van der Waals surface area contributed by atoms with E-state index >= 15 is 0 Å². The van der Waals surface area contributed by atoms with Crippen molar-refractivity contribution in [2.24, 2.45) is 0 Å². The largest absolute Gasteiger partial charge is 0.507 e. The van der Waals surface area contributed by atoms with Crippen LogP contribution in [0, 0.1) is 0 Å². The van der Waals surface area contributed by atoms with Gasteiger partial charge in [0.15, 0.2) is 5.82 Å². The highest BCUT2D eigenvalue weighted by atomic mass is 79.9. The van der Waals surface area contributed by atoms with Crippen LogP contribution in [-0.2, 0) is 15.0 Å². The first-order valence-corrected chi connectivity index (χ1v) is 10.6. The Morgan fingerprint density at radius 2 is 1.71 bits per heavy atom. The first kappa shape index (κ1) is 21.1. The Hall–Kier alpha value is -3.19. The molecule has 6 nitrogen and oxygen atoms in total. The number of halogens is 1. The van der Waals surface area contributed by atoms with E-state index in [0.29, 0.717) is 16.9 Å². The maximum Gasteiger partial charge on any atom is 0.301 e. The fourth-order valence-electron chi connectivity index (χ4n) is 3.51. The molecule has 1 atom stereocenters. The van der Waals surface area contributed by atoms with Crippen LogP contribution < -0.4 is 4.90 Å². The van der Waals surface area contributed by atoms with Gasteiger partial charge in [-0.3, -0.25) is 14.5 Å². The molecule has 1 aliphatic heterocycles. The standard InChI is InChI=1S/C24H21BrN2O4/c1-24(2,3)17-13-18(26-31-17)27-20(14-9-11-16(25)12-10-14)19(22(29)23(27)30)21(28)15-7-5-4-6-8-15/h4-13,20,28H,1-3H3/t20-/m0/s1. The fraction of sp³-hybridized carbons (Fsp3) is 0.208. The third-order valence-electron chi connectivity index (χ3n) is 5.16. The summed E-state index contributed by atoms with van der Waals surface area (Å²) in [7, 11) is 0. The maximum absolute atomic E-state index is 13.1. The van der Waals surface area contributed by atoms with E-state index < -0.39 is 17.7 Å². The lowest BCUT2D eigenvalue weighted by Crippen LogP contribution is -2.29. The molecule has 0 bridgehead atoms. The van der Waals surface area contributed by atoms with Gasteiger partial charge in [0.2, 0.25) is 0 Å². The number of Topliss-reactive ketones (excluding diaryl/α,β-unsaturated/α-hetero) is 1. The second kappa shape index (κ2) is 7.81. The Morgan fingerprint density at radius 3 is 2.29 bits per heavy atom. The van der Waals surface area contributed by atoms with Gasteiger partial charge in [0.1, 0.15) is 11.5 Å². The van der Waals surface area contributed by atoms with Crippen LogP contribution in [0.5, 0.6) is 0 Å². The number of amides is 1. The monoisotopic (exact) mass is 480 g/mol. The maximum atomic E-state index is 13.1. The number of anilines is 1. The fourth-order valence-corrected chi connectivity index (χ4v) is 3.78. The van der Waals surface area contributed by atoms with Crippen LogP contribution in [0.15, 0.2) is 75.2 Å². The predicted molar refractivity (Wildman–Crippen MR) is 121 cm³/mol. The van der Waals surface area contributed by atoms with E-state index in [2.05, 4.69) is 21.1 Å². The average molecular weight is 481 g/mol. The molecule has 0 unspecified atom stereocenters. The van der Waals surface area contributed by atoms with Crippen LogP contribution in [0.25, 0.3) is 5.76 Å². The number of nitrogens with zero attached hydrogens (tertiary/aromatic N) is 2. The summed E-state index contributed by atoms with van der Waals surface area (Å²) in [4.78, 5) is 27.5. The molecule has 0 spiro atoms. The Morgan fingerprint density at radius 1 is 1.06 bits per heavy atom. The average Bonchev–Trinajstić information content (AvgIpc) is 3.33. The van der Waals surface area contributed by atoms with Crippen molar-refractivity contribution in [2.45, 2.75) is 32.2 Å². The number of carbonyl (C=O) groups is 2. The molecule has 0 radical (unpaired) electrons. The molecular formula is C24H21BrN2O4. The summed E-state index contributed by atoms with van der Waals surface area (Å²) < 4.78 is 6.32. The van der Waals surface area contributed by atoms with Gasteiger partial charge in [-0.15, -0.1) is 0 Å².